The van der Waals surface area contributed by atoms with Gasteiger partial charge in [0.2, 0.25) is 11.9 Å². The third-order valence-electron chi connectivity index (χ3n) is 2.02. The number of rotatable bonds is 4. The van der Waals surface area contributed by atoms with Crippen molar-refractivity contribution in [1.82, 2.24) is 0 Å². The van der Waals surface area contributed by atoms with Crippen LogP contribution in [0.15, 0.2) is 24.3 Å². The van der Waals surface area contributed by atoms with Crippen molar-refractivity contribution in [3.8, 4) is 0 Å². The number of esters is 1. The molecule has 0 spiro atoms. The van der Waals surface area contributed by atoms with E-state index in [1.807, 2.05) is 0 Å². The first kappa shape index (κ1) is 13.4. The summed E-state index contributed by atoms with van der Waals surface area (Å²) in [6.07, 6.45) is -1.38. The Kier molecular flexibility index (Phi) is 4.40. The van der Waals surface area contributed by atoms with E-state index >= 15 is 0 Å². The van der Waals surface area contributed by atoms with Gasteiger partial charge in [-0.3, -0.25) is 14.4 Å². The fourth-order valence-electron chi connectivity index (χ4n) is 1.25. The zero-order valence-corrected chi connectivity index (χ0v) is 10.2. The van der Waals surface area contributed by atoms with Crippen LogP contribution in [0.25, 0.3) is 0 Å². The Labute approximate surface area is 104 Å². The molecule has 1 aromatic carbocycles. The van der Waals surface area contributed by atoms with Crippen LogP contribution in [0.1, 0.15) is 24.2 Å². The van der Waals surface area contributed by atoms with Crippen LogP contribution >= 0.6 is 11.6 Å². The fourth-order valence-corrected chi connectivity index (χ4v) is 1.38. The molecule has 0 heterocycles. The van der Waals surface area contributed by atoms with Crippen LogP contribution in [0.2, 0.25) is 5.02 Å². The molecule has 0 bridgehead atoms. The highest BCUT2D eigenvalue weighted by Gasteiger charge is 2.27. The van der Waals surface area contributed by atoms with Gasteiger partial charge in [-0.15, -0.1) is 0 Å². The molecule has 0 aromatic heterocycles. The number of hydrogen-bond donors (Lipinski definition) is 0. The van der Waals surface area contributed by atoms with Gasteiger partial charge >= 0.3 is 5.97 Å². The van der Waals surface area contributed by atoms with Gasteiger partial charge in [0.25, 0.3) is 0 Å². The van der Waals surface area contributed by atoms with E-state index < -0.39 is 23.6 Å². The Balaban J connectivity index is 2.95. The Morgan fingerprint density at radius 2 is 1.65 bits per heavy atom. The van der Waals surface area contributed by atoms with Gasteiger partial charge in [-0.05, 0) is 31.2 Å². The average molecular weight is 255 g/mol. The molecule has 90 valence electrons. The third-order valence-corrected chi connectivity index (χ3v) is 2.27. The monoisotopic (exact) mass is 254 g/mol. The molecule has 0 fully saturated rings. The van der Waals surface area contributed by atoms with Crippen LogP contribution in [0, 0.1) is 0 Å². The molecule has 1 unspecified atom stereocenters. The second-order valence-corrected chi connectivity index (χ2v) is 3.91. The van der Waals surface area contributed by atoms with Crippen molar-refractivity contribution in [1.29, 1.82) is 0 Å². The number of carbonyl (C=O) groups is 3. The lowest BCUT2D eigenvalue weighted by Gasteiger charge is -2.12. The first-order valence-electron chi connectivity index (χ1n) is 4.89. The van der Waals surface area contributed by atoms with E-state index in [4.69, 9.17) is 11.6 Å². The Hall–Kier alpha value is -1.68. The summed E-state index contributed by atoms with van der Waals surface area (Å²) in [6, 6.07) is 6.01. The predicted octanol–water partition coefficient (Wildman–Crippen LogP) is 2.04. The van der Waals surface area contributed by atoms with E-state index in [0.29, 0.717) is 5.02 Å². The van der Waals surface area contributed by atoms with Crippen molar-refractivity contribution in [2.24, 2.45) is 0 Å². The molecule has 17 heavy (non-hydrogen) atoms. The van der Waals surface area contributed by atoms with Gasteiger partial charge in [-0.1, -0.05) is 11.6 Å². The maximum atomic E-state index is 11.9. The summed E-state index contributed by atoms with van der Waals surface area (Å²) < 4.78 is 4.69. The topological polar surface area (TPSA) is 60.4 Å². The van der Waals surface area contributed by atoms with Crippen LogP contribution in [0.4, 0.5) is 0 Å². The lowest BCUT2D eigenvalue weighted by molar-refractivity contribution is -0.149. The average Bonchev–Trinajstić information content (AvgIpc) is 2.25. The molecule has 0 aliphatic carbocycles. The highest BCUT2D eigenvalue weighted by molar-refractivity contribution is 6.30. The smallest absolute Gasteiger partial charge is 0.303 e. The van der Waals surface area contributed by atoms with E-state index in [0.717, 1.165) is 6.92 Å². The van der Waals surface area contributed by atoms with E-state index in [-0.39, 0.29) is 5.56 Å². The molecule has 0 aliphatic rings. The number of ketones is 2. The zero-order valence-electron chi connectivity index (χ0n) is 9.40. The summed E-state index contributed by atoms with van der Waals surface area (Å²) in [5.41, 5.74) is 0.274. The zero-order chi connectivity index (χ0) is 13.0. The number of hydrogen-bond acceptors (Lipinski definition) is 4. The third kappa shape index (κ3) is 3.67. The summed E-state index contributed by atoms with van der Waals surface area (Å²) in [7, 11) is 0. The largest absolute Gasteiger partial charge is 0.446 e. The van der Waals surface area contributed by atoms with Crippen molar-refractivity contribution < 1.29 is 19.1 Å². The summed E-state index contributed by atoms with van der Waals surface area (Å²) in [4.78, 5) is 33.9. The lowest BCUT2D eigenvalue weighted by atomic mass is 10.0. The maximum absolute atomic E-state index is 11.9. The predicted molar refractivity (Wildman–Crippen MR) is 62.0 cm³/mol. The molecule has 1 atom stereocenters. The van der Waals surface area contributed by atoms with Crippen LogP contribution in [0.5, 0.6) is 0 Å². The van der Waals surface area contributed by atoms with Crippen molar-refractivity contribution >= 4 is 29.1 Å². The lowest BCUT2D eigenvalue weighted by Crippen LogP contribution is -2.33. The molecule has 4 nitrogen and oxygen atoms in total. The number of benzene rings is 1. The van der Waals surface area contributed by atoms with Crippen molar-refractivity contribution in [2.75, 3.05) is 0 Å². The summed E-state index contributed by atoms with van der Waals surface area (Å²) in [6.45, 7) is 2.34. The first-order chi connectivity index (χ1) is 7.91. The van der Waals surface area contributed by atoms with Gasteiger partial charge in [0, 0.05) is 17.5 Å². The minimum Gasteiger partial charge on any atom is -0.446 e. The van der Waals surface area contributed by atoms with Crippen LogP contribution in [-0.2, 0) is 14.3 Å². The molecular formula is C12H11ClO4. The molecule has 1 aromatic rings. The minimum atomic E-state index is -1.38. The standard InChI is InChI=1S/C12H11ClO4/c1-7(14)12(17-8(2)15)11(16)9-3-5-10(13)6-4-9/h3-6,12H,1-2H3. The SMILES string of the molecule is CC(=O)OC(C(C)=O)C(=O)c1ccc(Cl)cc1. The normalized spacial score (nSPS) is 11.7. The van der Waals surface area contributed by atoms with Gasteiger partial charge < -0.3 is 4.74 Å². The summed E-state index contributed by atoms with van der Waals surface area (Å²) in [5.74, 6) is -1.74. The molecule has 0 saturated heterocycles. The Bertz CT molecular complexity index is 450. The molecule has 0 amide bonds. The maximum Gasteiger partial charge on any atom is 0.303 e. The second-order valence-electron chi connectivity index (χ2n) is 3.47. The van der Waals surface area contributed by atoms with E-state index in [9.17, 15) is 14.4 Å². The van der Waals surface area contributed by atoms with Gasteiger partial charge in [0.1, 0.15) is 0 Å². The van der Waals surface area contributed by atoms with E-state index in [1.165, 1.54) is 31.2 Å². The fraction of sp³-hybridized carbons (Fsp3) is 0.250. The Morgan fingerprint density at radius 1 is 1.12 bits per heavy atom. The second kappa shape index (κ2) is 5.59. The molecule has 0 saturated carbocycles. The molecule has 0 N–H and O–H groups in total. The Morgan fingerprint density at radius 3 is 2.06 bits per heavy atom. The van der Waals surface area contributed by atoms with Gasteiger partial charge in [0.05, 0.1) is 0 Å². The van der Waals surface area contributed by atoms with Crippen molar-refractivity contribution in [3.63, 3.8) is 0 Å². The number of halogens is 1. The van der Waals surface area contributed by atoms with Crippen LogP contribution < -0.4 is 0 Å². The minimum absolute atomic E-state index is 0.274. The quantitative estimate of drug-likeness (QED) is 0.469. The number of ether oxygens (including phenoxy) is 1. The molecule has 1 rings (SSSR count). The van der Waals surface area contributed by atoms with Crippen molar-refractivity contribution in [3.05, 3.63) is 34.9 Å². The summed E-state index contributed by atoms with van der Waals surface area (Å²) in [5, 5.41) is 0.480. The molecular weight excluding hydrogens is 244 g/mol. The van der Waals surface area contributed by atoms with Crippen molar-refractivity contribution in [2.45, 2.75) is 20.0 Å². The molecule has 0 aliphatic heterocycles. The van der Waals surface area contributed by atoms with E-state index in [2.05, 4.69) is 4.74 Å². The van der Waals surface area contributed by atoms with Gasteiger partial charge in [-0.25, -0.2) is 0 Å². The summed E-state index contributed by atoms with van der Waals surface area (Å²) >= 11 is 5.68. The van der Waals surface area contributed by atoms with Gasteiger partial charge in [0.15, 0.2) is 5.78 Å². The van der Waals surface area contributed by atoms with Crippen LogP contribution in [0.3, 0.4) is 0 Å². The molecule has 0 radical (unpaired) electrons. The molecule has 5 heteroatoms. The first-order valence-corrected chi connectivity index (χ1v) is 5.27. The van der Waals surface area contributed by atoms with E-state index in [1.54, 1.807) is 0 Å². The highest BCUT2D eigenvalue weighted by Crippen LogP contribution is 2.13. The number of carbonyl (C=O) groups excluding carboxylic acids is 3. The van der Waals surface area contributed by atoms with Gasteiger partial charge in [-0.2, -0.15) is 0 Å². The van der Waals surface area contributed by atoms with Crippen LogP contribution in [-0.4, -0.2) is 23.6 Å². The number of Topliss-reactive ketones (excluding diaryl/α,β-unsaturated/α-hetero) is 2. The highest BCUT2D eigenvalue weighted by atomic mass is 35.5.